The molecule has 0 aliphatic carbocycles. The number of hydrogen-bond acceptors (Lipinski definition) is 6. The molecule has 1 atom stereocenters. The van der Waals surface area contributed by atoms with Crippen molar-refractivity contribution in [1.29, 1.82) is 0 Å². The van der Waals surface area contributed by atoms with E-state index in [1.165, 1.54) is 0 Å². The minimum atomic E-state index is -1.40. The van der Waals surface area contributed by atoms with Crippen molar-refractivity contribution in [1.82, 2.24) is 5.16 Å². The van der Waals surface area contributed by atoms with Gasteiger partial charge in [0.05, 0.1) is 5.02 Å². The van der Waals surface area contributed by atoms with Crippen LogP contribution in [0.3, 0.4) is 0 Å². The second-order valence-corrected chi connectivity index (χ2v) is 7.07. The molecule has 9 heteroatoms. The topological polar surface area (TPSA) is 90.7 Å². The summed E-state index contributed by atoms with van der Waals surface area (Å²) in [7, 11) is -1.40. The molecule has 1 amide bonds. The smallest absolute Gasteiger partial charge is 0.238 e. The van der Waals surface area contributed by atoms with E-state index >= 15 is 0 Å². The van der Waals surface area contributed by atoms with Crippen LogP contribution in [0.5, 0.6) is 11.5 Å². The molecule has 0 saturated heterocycles. The van der Waals surface area contributed by atoms with Gasteiger partial charge in [-0.2, -0.15) is 0 Å². The largest absolute Gasteiger partial charge is 0.486 e. The number of hydrogen-bond donors (Lipinski definition) is 1. The monoisotopic (exact) mass is 370 g/mol. The molecule has 1 unspecified atom stereocenters. The summed E-state index contributed by atoms with van der Waals surface area (Å²) < 4.78 is 28.0. The highest BCUT2D eigenvalue weighted by molar-refractivity contribution is 7.84. The number of halogens is 1. The molecule has 1 aromatic heterocycles. The Labute approximate surface area is 145 Å². The highest BCUT2D eigenvalue weighted by Gasteiger charge is 2.18. The van der Waals surface area contributed by atoms with Crippen molar-refractivity contribution in [3.05, 3.63) is 34.5 Å². The van der Waals surface area contributed by atoms with Crippen molar-refractivity contribution in [3.63, 3.8) is 0 Å². The van der Waals surface area contributed by atoms with E-state index < -0.39 is 16.7 Å². The maximum absolute atomic E-state index is 12.2. The molecule has 1 aliphatic heterocycles. The van der Waals surface area contributed by atoms with Gasteiger partial charge in [0.1, 0.15) is 24.7 Å². The zero-order chi connectivity index (χ0) is 17.1. The lowest BCUT2D eigenvalue weighted by molar-refractivity contribution is -0.113. The van der Waals surface area contributed by atoms with Crippen LogP contribution in [-0.2, 0) is 21.3 Å². The first-order valence-corrected chi connectivity index (χ1v) is 9.04. The van der Waals surface area contributed by atoms with Gasteiger partial charge in [0.25, 0.3) is 0 Å². The van der Waals surface area contributed by atoms with E-state index in [0.29, 0.717) is 46.9 Å². The van der Waals surface area contributed by atoms with Crippen LogP contribution < -0.4 is 14.8 Å². The van der Waals surface area contributed by atoms with Crippen molar-refractivity contribution in [2.24, 2.45) is 0 Å². The number of anilines is 1. The van der Waals surface area contributed by atoms with Crippen LogP contribution in [0.25, 0.3) is 0 Å². The Morgan fingerprint density at radius 1 is 1.33 bits per heavy atom. The molecule has 24 heavy (non-hydrogen) atoms. The molecule has 128 valence electrons. The zero-order valence-electron chi connectivity index (χ0n) is 12.8. The number of amides is 1. The minimum absolute atomic E-state index is 0.155. The lowest BCUT2D eigenvalue weighted by atomic mass is 10.2. The molecule has 0 spiro atoms. The van der Waals surface area contributed by atoms with Crippen LogP contribution in [0.15, 0.2) is 22.7 Å². The number of benzene rings is 1. The first-order valence-electron chi connectivity index (χ1n) is 7.17. The van der Waals surface area contributed by atoms with Crippen LogP contribution >= 0.6 is 11.6 Å². The summed E-state index contributed by atoms with van der Waals surface area (Å²) >= 11 is 6.14. The number of rotatable bonds is 5. The summed E-state index contributed by atoms with van der Waals surface area (Å²) in [5.74, 6) is 1.54. The van der Waals surface area contributed by atoms with E-state index in [0.717, 1.165) is 0 Å². The number of carbonyl (C=O) groups is 1. The summed E-state index contributed by atoms with van der Waals surface area (Å²) in [6, 6.07) is 4.99. The lowest BCUT2D eigenvalue weighted by Gasteiger charge is -2.20. The Morgan fingerprint density at radius 3 is 2.88 bits per heavy atom. The molecular weight excluding hydrogens is 356 g/mol. The molecule has 7 nitrogen and oxygen atoms in total. The molecule has 1 aromatic carbocycles. The molecular formula is C15H15ClN2O5S. The number of aryl methyl sites for hydroxylation is 1. The quantitative estimate of drug-likeness (QED) is 0.868. The maximum atomic E-state index is 12.2. The van der Waals surface area contributed by atoms with Crippen molar-refractivity contribution in [2.45, 2.75) is 12.7 Å². The number of nitrogens with zero attached hydrogens (tertiary/aromatic N) is 1. The molecule has 0 bridgehead atoms. The van der Waals surface area contributed by atoms with Crippen LogP contribution in [-0.4, -0.2) is 34.2 Å². The molecule has 0 saturated carbocycles. The highest BCUT2D eigenvalue weighted by Crippen LogP contribution is 2.38. The Kier molecular flexibility index (Phi) is 5.06. The van der Waals surface area contributed by atoms with E-state index in [-0.39, 0.29) is 11.5 Å². The van der Waals surface area contributed by atoms with Crippen LogP contribution in [0.4, 0.5) is 5.82 Å². The number of fused-ring (bicyclic) bond motifs is 1. The summed E-state index contributed by atoms with van der Waals surface area (Å²) in [5, 5.41) is 6.59. The fraction of sp³-hybridized carbons (Fsp3) is 0.333. The second-order valence-electron chi connectivity index (χ2n) is 5.20. The van der Waals surface area contributed by atoms with Gasteiger partial charge in [0.2, 0.25) is 5.91 Å². The van der Waals surface area contributed by atoms with Crippen molar-refractivity contribution >= 4 is 34.1 Å². The molecule has 2 heterocycles. The third kappa shape index (κ3) is 4.07. The van der Waals surface area contributed by atoms with E-state index in [4.69, 9.17) is 25.6 Å². The van der Waals surface area contributed by atoms with Gasteiger partial charge in [-0.3, -0.25) is 9.00 Å². The third-order valence-corrected chi connectivity index (χ3v) is 4.69. The number of nitrogens with one attached hydrogen (secondary N) is 1. The van der Waals surface area contributed by atoms with Gasteiger partial charge in [-0.15, -0.1) is 0 Å². The Hall–Kier alpha value is -2.06. The first-order chi connectivity index (χ1) is 11.5. The van der Waals surface area contributed by atoms with E-state index in [1.807, 2.05) is 0 Å². The molecule has 1 N–H and O–H groups in total. The van der Waals surface area contributed by atoms with Crippen molar-refractivity contribution in [3.8, 4) is 11.5 Å². The van der Waals surface area contributed by atoms with Gasteiger partial charge >= 0.3 is 0 Å². The Bertz CT molecular complexity index is 792. The summed E-state index contributed by atoms with van der Waals surface area (Å²) in [4.78, 5) is 11.9. The number of carbonyl (C=O) groups excluding carboxylic acids is 1. The predicted octanol–water partition coefficient (Wildman–Crippen LogP) is 2.30. The van der Waals surface area contributed by atoms with Crippen molar-refractivity contribution < 1.29 is 23.0 Å². The van der Waals surface area contributed by atoms with E-state index in [2.05, 4.69) is 10.5 Å². The van der Waals surface area contributed by atoms with Gasteiger partial charge in [-0.1, -0.05) is 16.8 Å². The fourth-order valence-electron chi connectivity index (χ4n) is 2.23. The minimum Gasteiger partial charge on any atom is -0.486 e. The molecule has 2 aromatic rings. The zero-order valence-corrected chi connectivity index (χ0v) is 14.4. The van der Waals surface area contributed by atoms with E-state index in [9.17, 15) is 9.00 Å². The lowest BCUT2D eigenvalue weighted by Crippen LogP contribution is -2.20. The average molecular weight is 371 g/mol. The Balaban J connectivity index is 1.60. The molecule has 0 fully saturated rings. The van der Waals surface area contributed by atoms with Crippen molar-refractivity contribution in [2.75, 3.05) is 24.3 Å². The van der Waals surface area contributed by atoms with Gasteiger partial charge in [-0.25, -0.2) is 0 Å². The number of ether oxygens (including phenoxy) is 2. The molecule has 0 radical (unpaired) electrons. The molecule has 3 rings (SSSR count). The van der Waals surface area contributed by atoms with Gasteiger partial charge < -0.3 is 19.3 Å². The first kappa shape index (κ1) is 16.8. The summed E-state index contributed by atoms with van der Waals surface area (Å²) in [5.41, 5.74) is 0.715. The van der Waals surface area contributed by atoms with Gasteiger partial charge in [0, 0.05) is 22.6 Å². The van der Waals surface area contributed by atoms with Gasteiger partial charge in [0.15, 0.2) is 17.3 Å². The third-order valence-electron chi connectivity index (χ3n) is 3.17. The highest BCUT2D eigenvalue weighted by atomic mass is 35.5. The van der Waals surface area contributed by atoms with Gasteiger partial charge in [-0.05, 0) is 24.6 Å². The fourth-order valence-corrected chi connectivity index (χ4v) is 3.53. The van der Waals surface area contributed by atoms with Crippen LogP contribution in [0, 0.1) is 6.92 Å². The normalized spacial score (nSPS) is 14.2. The predicted molar refractivity (Wildman–Crippen MR) is 89.0 cm³/mol. The Morgan fingerprint density at radius 2 is 2.12 bits per heavy atom. The average Bonchev–Trinajstić information content (AvgIpc) is 2.92. The maximum Gasteiger partial charge on any atom is 0.238 e. The van der Waals surface area contributed by atoms with Crippen LogP contribution in [0.1, 0.15) is 11.3 Å². The van der Waals surface area contributed by atoms with E-state index in [1.54, 1.807) is 25.1 Å². The van der Waals surface area contributed by atoms with Crippen LogP contribution in [0.2, 0.25) is 5.02 Å². The number of aromatic nitrogens is 1. The summed E-state index contributed by atoms with van der Waals surface area (Å²) in [6.45, 7) is 2.60. The molecule has 1 aliphatic rings. The summed E-state index contributed by atoms with van der Waals surface area (Å²) in [6.07, 6.45) is 0. The standard InChI is InChI=1S/C15H15ClN2O5S/c1-9-4-13(18-23-9)17-14(19)8-24(20)7-10-5-11(16)15-12(6-10)21-2-3-22-15/h4-6H,2-3,7-8H2,1H3,(H,17,18,19). The SMILES string of the molecule is Cc1cc(NC(=O)CS(=O)Cc2cc(Cl)c3c(c2)OCCO3)no1. The second kappa shape index (κ2) is 7.23.